The summed E-state index contributed by atoms with van der Waals surface area (Å²) in [5.74, 6) is -1.09. The fourth-order valence-corrected chi connectivity index (χ4v) is 4.20. The molecule has 2 aromatic carbocycles. The van der Waals surface area contributed by atoms with E-state index in [1.54, 1.807) is 6.07 Å². The molecule has 1 aliphatic rings. The molecular formula is C22H22Cl3N3O5. The second-order valence-corrected chi connectivity index (χ2v) is 9.16. The fraction of sp³-hybridized carbons (Fsp3) is 0.364. The quantitative estimate of drug-likeness (QED) is 0.220. The van der Waals surface area contributed by atoms with E-state index in [9.17, 15) is 19.7 Å². The number of nitrogens with zero attached hydrogens (tertiary/aromatic N) is 2. The lowest BCUT2D eigenvalue weighted by Gasteiger charge is -2.32. The number of hydrogen-bond donors (Lipinski definition) is 1. The Morgan fingerprint density at radius 1 is 1.18 bits per heavy atom. The van der Waals surface area contributed by atoms with Gasteiger partial charge in [0.05, 0.1) is 31.2 Å². The van der Waals surface area contributed by atoms with Gasteiger partial charge in [-0.1, -0.05) is 41.7 Å². The van der Waals surface area contributed by atoms with Crippen molar-refractivity contribution in [3.05, 3.63) is 61.1 Å². The Morgan fingerprint density at radius 2 is 1.88 bits per heavy atom. The molecule has 0 aliphatic carbocycles. The van der Waals surface area contributed by atoms with Crippen molar-refractivity contribution in [1.29, 1.82) is 0 Å². The van der Waals surface area contributed by atoms with Gasteiger partial charge in [-0.05, 0) is 49.9 Å². The van der Waals surface area contributed by atoms with Crippen LogP contribution in [0.5, 0.6) is 0 Å². The van der Waals surface area contributed by atoms with Crippen molar-refractivity contribution in [2.24, 2.45) is 5.92 Å². The molecule has 2 atom stereocenters. The lowest BCUT2D eigenvalue weighted by Crippen LogP contribution is -2.34. The van der Waals surface area contributed by atoms with E-state index in [2.05, 4.69) is 12.2 Å². The summed E-state index contributed by atoms with van der Waals surface area (Å²) >= 11 is 17.9. The van der Waals surface area contributed by atoms with Crippen LogP contribution in [-0.4, -0.2) is 36.0 Å². The van der Waals surface area contributed by atoms with Crippen LogP contribution in [0, 0.1) is 16.0 Å². The molecule has 33 heavy (non-hydrogen) atoms. The lowest BCUT2D eigenvalue weighted by atomic mass is 9.99. The highest BCUT2D eigenvalue weighted by molar-refractivity contribution is 6.44. The summed E-state index contributed by atoms with van der Waals surface area (Å²) in [5, 5.41) is 14.8. The highest BCUT2D eigenvalue weighted by Gasteiger charge is 2.27. The third-order valence-electron chi connectivity index (χ3n) is 5.33. The zero-order valence-electron chi connectivity index (χ0n) is 17.9. The van der Waals surface area contributed by atoms with Crippen LogP contribution in [0.25, 0.3) is 0 Å². The number of benzene rings is 2. The molecule has 0 spiro atoms. The number of nitrogens with one attached hydrogen (secondary N) is 1. The second kappa shape index (κ2) is 10.6. The highest BCUT2D eigenvalue weighted by Crippen LogP contribution is 2.34. The maximum Gasteiger partial charge on any atom is 0.339 e. The first-order chi connectivity index (χ1) is 15.6. The van der Waals surface area contributed by atoms with Crippen molar-refractivity contribution in [2.75, 3.05) is 23.3 Å². The van der Waals surface area contributed by atoms with E-state index in [1.807, 2.05) is 4.90 Å². The summed E-state index contributed by atoms with van der Waals surface area (Å²) in [6.07, 6.45) is 0.810. The van der Waals surface area contributed by atoms with Crippen LogP contribution in [0.4, 0.5) is 17.1 Å². The van der Waals surface area contributed by atoms with Gasteiger partial charge in [-0.3, -0.25) is 14.9 Å². The van der Waals surface area contributed by atoms with Gasteiger partial charge in [0, 0.05) is 19.2 Å². The molecule has 3 rings (SSSR count). The van der Waals surface area contributed by atoms with Crippen molar-refractivity contribution >= 4 is 63.7 Å². The van der Waals surface area contributed by atoms with Crippen molar-refractivity contribution < 1.29 is 19.2 Å². The molecule has 1 heterocycles. The van der Waals surface area contributed by atoms with Crippen LogP contribution in [-0.2, 0) is 9.53 Å². The van der Waals surface area contributed by atoms with Gasteiger partial charge in [-0.15, -0.1) is 0 Å². The van der Waals surface area contributed by atoms with E-state index in [1.165, 1.54) is 31.2 Å². The maximum absolute atomic E-state index is 12.6. The Morgan fingerprint density at radius 3 is 2.55 bits per heavy atom. The van der Waals surface area contributed by atoms with E-state index in [0.29, 0.717) is 24.7 Å². The van der Waals surface area contributed by atoms with Crippen LogP contribution in [0.3, 0.4) is 0 Å². The molecule has 2 aromatic rings. The number of esters is 1. The Labute approximate surface area is 205 Å². The maximum atomic E-state index is 12.6. The molecule has 0 bridgehead atoms. The van der Waals surface area contributed by atoms with E-state index in [0.717, 1.165) is 12.8 Å². The topological polar surface area (TPSA) is 102 Å². The third-order valence-corrected chi connectivity index (χ3v) is 6.36. The minimum atomic E-state index is -1.20. The van der Waals surface area contributed by atoms with E-state index < -0.39 is 22.9 Å². The van der Waals surface area contributed by atoms with Gasteiger partial charge < -0.3 is 15.0 Å². The van der Waals surface area contributed by atoms with Crippen molar-refractivity contribution in [3.8, 4) is 0 Å². The predicted molar refractivity (Wildman–Crippen MR) is 129 cm³/mol. The summed E-state index contributed by atoms with van der Waals surface area (Å²) in [5.41, 5.74) is 0.457. The summed E-state index contributed by atoms with van der Waals surface area (Å²) in [4.78, 5) is 38.1. The molecule has 0 unspecified atom stereocenters. The molecule has 11 heteroatoms. The average Bonchev–Trinajstić information content (AvgIpc) is 2.76. The molecule has 1 saturated heterocycles. The monoisotopic (exact) mass is 513 g/mol. The van der Waals surface area contributed by atoms with E-state index >= 15 is 0 Å². The SMILES string of the molecule is C[C@H]1CCCN(c2ccc(C(=O)O[C@@H](C)C(=O)Nc3cc(Cl)c(Cl)cc3Cl)cc2[N+](=O)[O-])C1. The smallest absolute Gasteiger partial charge is 0.339 e. The van der Waals surface area contributed by atoms with Crippen molar-refractivity contribution in [3.63, 3.8) is 0 Å². The number of nitro benzene ring substituents is 1. The van der Waals surface area contributed by atoms with Gasteiger partial charge >= 0.3 is 5.97 Å². The number of rotatable bonds is 6. The van der Waals surface area contributed by atoms with Gasteiger partial charge in [0.2, 0.25) is 0 Å². The number of ether oxygens (including phenoxy) is 1. The first-order valence-electron chi connectivity index (χ1n) is 10.3. The normalized spacial score (nSPS) is 16.8. The average molecular weight is 515 g/mol. The number of amides is 1. The van der Waals surface area contributed by atoms with Gasteiger partial charge in [0.25, 0.3) is 11.6 Å². The Hall–Kier alpha value is -2.55. The molecule has 1 aliphatic heterocycles. The number of carbonyl (C=O) groups is 2. The van der Waals surface area contributed by atoms with Crippen LogP contribution in [0.2, 0.25) is 15.1 Å². The Kier molecular flexibility index (Phi) is 8.05. The predicted octanol–water partition coefficient (Wildman–Crippen LogP) is 5.98. The van der Waals surface area contributed by atoms with Gasteiger partial charge in [0.1, 0.15) is 5.69 Å². The molecule has 8 nitrogen and oxygen atoms in total. The molecule has 1 amide bonds. The van der Waals surface area contributed by atoms with Crippen molar-refractivity contribution in [2.45, 2.75) is 32.8 Å². The zero-order chi connectivity index (χ0) is 24.3. The number of carbonyl (C=O) groups excluding carboxylic acids is 2. The minimum Gasteiger partial charge on any atom is -0.449 e. The van der Waals surface area contributed by atoms with Crippen LogP contribution in [0.1, 0.15) is 37.0 Å². The lowest BCUT2D eigenvalue weighted by molar-refractivity contribution is -0.384. The molecule has 1 N–H and O–H groups in total. The number of hydrogen-bond acceptors (Lipinski definition) is 6. The summed E-state index contributed by atoms with van der Waals surface area (Å²) in [7, 11) is 0. The van der Waals surface area contributed by atoms with E-state index in [4.69, 9.17) is 39.5 Å². The van der Waals surface area contributed by atoms with E-state index in [-0.39, 0.29) is 32.0 Å². The summed E-state index contributed by atoms with van der Waals surface area (Å²) < 4.78 is 5.21. The summed E-state index contributed by atoms with van der Waals surface area (Å²) in [6, 6.07) is 6.94. The Bertz CT molecular complexity index is 1100. The van der Waals surface area contributed by atoms with Crippen LogP contribution >= 0.6 is 34.8 Å². The number of nitro groups is 1. The summed E-state index contributed by atoms with van der Waals surface area (Å²) in [6.45, 7) is 4.89. The van der Waals surface area contributed by atoms with Gasteiger partial charge in [0.15, 0.2) is 6.10 Å². The first-order valence-corrected chi connectivity index (χ1v) is 11.4. The minimum absolute atomic E-state index is 0.0253. The molecule has 0 aromatic heterocycles. The molecule has 176 valence electrons. The molecule has 0 radical (unpaired) electrons. The molecule has 1 fully saturated rings. The number of halogens is 3. The highest BCUT2D eigenvalue weighted by atomic mass is 35.5. The Balaban J connectivity index is 1.72. The third kappa shape index (κ3) is 6.07. The van der Waals surface area contributed by atoms with Gasteiger partial charge in [-0.2, -0.15) is 0 Å². The molecular weight excluding hydrogens is 493 g/mol. The fourth-order valence-electron chi connectivity index (χ4n) is 3.61. The standard InChI is InChI=1S/C22H22Cl3N3O5/c1-12-4-3-7-27(11-12)19-6-5-14(8-20(19)28(31)32)22(30)33-13(2)21(29)26-18-10-16(24)15(23)9-17(18)25/h5-6,8-10,12-13H,3-4,7,11H2,1-2H3,(H,26,29)/t12-,13-/m0/s1. The number of piperidine rings is 1. The zero-order valence-corrected chi connectivity index (χ0v) is 20.2. The van der Waals surface area contributed by atoms with Gasteiger partial charge in [-0.25, -0.2) is 4.79 Å². The number of anilines is 2. The second-order valence-electron chi connectivity index (χ2n) is 7.94. The van der Waals surface area contributed by atoms with Crippen molar-refractivity contribution in [1.82, 2.24) is 0 Å². The molecule has 0 saturated carbocycles. The van der Waals surface area contributed by atoms with Crippen LogP contribution in [0.15, 0.2) is 30.3 Å². The largest absolute Gasteiger partial charge is 0.449 e. The van der Waals surface area contributed by atoms with Crippen LogP contribution < -0.4 is 10.2 Å². The first kappa shape index (κ1) is 25.1.